The summed E-state index contributed by atoms with van der Waals surface area (Å²) in [5.74, 6) is 0.220. The lowest BCUT2D eigenvalue weighted by Crippen LogP contribution is -2.19. The van der Waals surface area contributed by atoms with E-state index < -0.39 is 0 Å². The molecule has 0 spiro atoms. The number of thioether (sulfide) groups is 1. The van der Waals surface area contributed by atoms with Crippen molar-refractivity contribution in [3.05, 3.63) is 64.7 Å². The summed E-state index contributed by atoms with van der Waals surface area (Å²) in [6.45, 7) is 0.374. The van der Waals surface area contributed by atoms with Crippen molar-refractivity contribution in [2.75, 3.05) is 0 Å². The average Bonchev–Trinajstić information content (AvgIpc) is 3.10. The number of aliphatic imine (C=N–C) groups is 1. The normalized spacial score (nSPS) is 18.4. The van der Waals surface area contributed by atoms with E-state index in [2.05, 4.69) is 10.3 Å². The van der Waals surface area contributed by atoms with E-state index in [9.17, 15) is 9.18 Å². The van der Waals surface area contributed by atoms with Crippen LogP contribution in [0.1, 0.15) is 11.3 Å². The minimum absolute atomic E-state index is 0.206. The summed E-state index contributed by atoms with van der Waals surface area (Å²) in [5.41, 5.74) is 0.765. The van der Waals surface area contributed by atoms with Crippen molar-refractivity contribution in [3.8, 4) is 0 Å². The van der Waals surface area contributed by atoms with Crippen molar-refractivity contribution in [2.24, 2.45) is 4.99 Å². The number of nitrogens with one attached hydrogen (secondary N) is 1. The molecule has 1 fully saturated rings. The molecule has 1 aromatic heterocycles. The molecule has 2 heterocycles. The third-order valence-electron chi connectivity index (χ3n) is 2.78. The van der Waals surface area contributed by atoms with E-state index in [1.807, 2.05) is 6.07 Å². The van der Waals surface area contributed by atoms with Gasteiger partial charge in [0, 0.05) is 0 Å². The lowest BCUT2D eigenvalue weighted by Gasteiger charge is -1.94. The number of nitrogens with zero attached hydrogens (tertiary/aromatic N) is 1. The van der Waals surface area contributed by atoms with Gasteiger partial charge in [0.15, 0.2) is 5.17 Å². The Balaban J connectivity index is 1.72. The average molecular weight is 302 g/mol. The van der Waals surface area contributed by atoms with Crippen LogP contribution in [0.2, 0.25) is 0 Å². The molecule has 1 saturated heterocycles. The Morgan fingerprint density at radius 1 is 1.29 bits per heavy atom. The van der Waals surface area contributed by atoms with Crippen LogP contribution in [-0.4, -0.2) is 11.1 Å². The van der Waals surface area contributed by atoms with E-state index in [-0.39, 0.29) is 11.7 Å². The first kappa shape index (κ1) is 13.6. The third kappa shape index (κ3) is 3.41. The van der Waals surface area contributed by atoms with Gasteiger partial charge < -0.3 is 9.73 Å². The maximum Gasteiger partial charge on any atom is 0.264 e. The van der Waals surface area contributed by atoms with Crippen LogP contribution in [-0.2, 0) is 11.3 Å². The van der Waals surface area contributed by atoms with Crippen molar-refractivity contribution < 1.29 is 13.6 Å². The number of carbonyl (C=O) groups is 1. The maximum atomic E-state index is 12.8. The molecule has 0 saturated carbocycles. The second kappa shape index (κ2) is 5.97. The molecular weight excluding hydrogens is 291 g/mol. The number of halogens is 1. The van der Waals surface area contributed by atoms with E-state index in [1.54, 1.807) is 30.5 Å². The van der Waals surface area contributed by atoms with Crippen molar-refractivity contribution in [1.29, 1.82) is 0 Å². The summed E-state index contributed by atoms with van der Waals surface area (Å²) in [6, 6.07) is 9.56. The number of furan rings is 1. The maximum absolute atomic E-state index is 12.8. The standard InChI is InChI=1S/C15H11FN2O2S/c16-11-5-3-10(4-6-11)8-13-14(19)18-15(21-13)17-9-12-2-1-7-20-12/h1-8H,9H2,(H,17,18,19)/b13-8-. The Bertz CT molecular complexity index is 706. The molecule has 1 aliphatic rings. The largest absolute Gasteiger partial charge is 0.467 e. The van der Waals surface area contributed by atoms with Gasteiger partial charge in [0.05, 0.1) is 17.7 Å². The molecule has 4 nitrogen and oxygen atoms in total. The Kier molecular flexibility index (Phi) is 3.87. The number of amidine groups is 1. The van der Waals surface area contributed by atoms with Crippen LogP contribution in [0.15, 0.2) is 57.0 Å². The second-order valence-corrected chi connectivity index (χ2v) is 5.35. The summed E-state index contributed by atoms with van der Waals surface area (Å²) in [4.78, 5) is 16.6. The van der Waals surface area contributed by atoms with Crippen LogP contribution in [0.4, 0.5) is 4.39 Å². The molecule has 0 radical (unpaired) electrons. The van der Waals surface area contributed by atoms with Crippen LogP contribution in [0.3, 0.4) is 0 Å². The van der Waals surface area contributed by atoms with E-state index in [1.165, 1.54) is 23.9 Å². The fraction of sp³-hybridized carbons (Fsp3) is 0.0667. The lowest BCUT2D eigenvalue weighted by atomic mass is 10.2. The first-order chi connectivity index (χ1) is 10.2. The molecule has 0 atom stereocenters. The van der Waals surface area contributed by atoms with E-state index in [0.717, 1.165) is 11.3 Å². The first-order valence-electron chi connectivity index (χ1n) is 6.24. The molecule has 21 heavy (non-hydrogen) atoms. The highest BCUT2D eigenvalue weighted by atomic mass is 32.2. The molecular formula is C15H11FN2O2S. The Morgan fingerprint density at radius 3 is 2.81 bits per heavy atom. The summed E-state index contributed by atoms with van der Waals surface area (Å²) >= 11 is 1.25. The minimum Gasteiger partial charge on any atom is -0.467 e. The second-order valence-electron chi connectivity index (χ2n) is 4.32. The van der Waals surface area contributed by atoms with Gasteiger partial charge in [-0.25, -0.2) is 4.39 Å². The first-order valence-corrected chi connectivity index (χ1v) is 7.06. The topological polar surface area (TPSA) is 54.6 Å². The highest BCUT2D eigenvalue weighted by Crippen LogP contribution is 2.26. The Morgan fingerprint density at radius 2 is 2.10 bits per heavy atom. The van der Waals surface area contributed by atoms with Crippen molar-refractivity contribution >= 4 is 28.9 Å². The number of hydrogen-bond acceptors (Lipinski definition) is 4. The lowest BCUT2D eigenvalue weighted by molar-refractivity contribution is -0.115. The highest BCUT2D eigenvalue weighted by molar-refractivity contribution is 8.18. The molecule has 2 aromatic rings. The zero-order valence-corrected chi connectivity index (χ0v) is 11.7. The van der Waals surface area contributed by atoms with Crippen LogP contribution in [0.25, 0.3) is 6.08 Å². The van der Waals surface area contributed by atoms with E-state index in [4.69, 9.17) is 4.42 Å². The monoisotopic (exact) mass is 302 g/mol. The van der Waals surface area contributed by atoms with Crippen molar-refractivity contribution in [2.45, 2.75) is 6.54 Å². The van der Waals surface area contributed by atoms with Gasteiger partial charge in [-0.1, -0.05) is 12.1 Å². The summed E-state index contributed by atoms with van der Waals surface area (Å²) in [7, 11) is 0. The fourth-order valence-electron chi connectivity index (χ4n) is 1.76. The number of benzene rings is 1. The number of hydrogen-bond donors (Lipinski definition) is 1. The van der Waals surface area contributed by atoms with E-state index >= 15 is 0 Å². The highest BCUT2D eigenvalue weighted by Gasteiger charge is 2.23. The Hall–Kier alpha value is -2.34. The summed E-state index contributed by atoms with van der Waals surface area (Å²) in [5, 5.41) is 3.22. The molecule has 0 aliphatic carbocycles. The van der Waals surface area contributed by atoms with Gasteiger partial charge in [-0.05, 0) is 47.7 Å². The third-order valence-corrected chi connectivity index (χ3v) is 3.72. The van der Waals surface area contributed by atoms with Crippen molar-refractivity contribution in [1.82, 2.24) is 5.32 Å². The van der Waals surface area contributed by atoms with Crippen LogP contribution in [0, 0.1) is 5.82 Å². The van der Waals surface area contributed by atoms with Gasteiger partial charge >= 0.3 is 0 Å². The molecule has 1 N–H and O–H groups in total. The smallest absolute Gasteiger partial charge is 0.264 e. The zero-order valence-electron chi connectivity index (χ0n) is 10.9. The molecule has 106 valence electrons. The van der Waals surface area contributed by atoms with Crippen LogP contribution < -0.4 is 5.32 Å². The van der Waals surface area contributed by atoms with Crippen LogP contribution >= 0.6 is 11.8 Å². The van der Waals surface area contributed by atoms with Gasteiger partial charge in [0.2, 0.25) is 0 Å². The fourth-order valence-corrected chi connectivity index (χ4v) is 2.58. The quantitative estimate of drug-likeness (QED) is 0.886. The SMILES string of the molecule is O=C1NC(=NCc2ccco2)S/C1=C\c1ccc(F)cc1. The molecule has 1 aromatic carbocycles. The number of rotatable bonds is 3. The molecule has 6 heteroatoms. The van der Waals surface area contributed by atoms with Crippen LogP contribution in [0.5, 0.6) is 0 Å². The molecule has 0 unspecified atom stereocenters. The summed E-state index contributed by atoms with van der Waals surface area (Å²) < 4.78 is 18.0. The molecule has 3 rings (SSSR count). The summed E-state index contributed by atoms with van der Waals surface area (Å²) in [6.07, 6.45) is 3.28. The van der Waals surface area contributed by atoms with Gasteiger partial charge in [-0.2, -0.15) is 0 Å². The predicted molar refractivity (Wildman–Crippen MR) is 80.0 cm³/mol. The number of carbonyl (C=O) groups excluding carboxylic acids is 1. The van der Waals surface area contributed by atoms with Gasteiger partial charge in [-0.15, -0.1) is 0 Å². The van der Waals surface area contributed by atoms with Gasteiger partial charge in [0.25, 0.3) is 5.91 Å². The zero-order chi connectivity index (χ0) is 14.7. The number of amides is 1. The van der Waals surface area contributed by atoms with Crippen molar-refractivity contribution in [3.63, 3.8) is 0 Å². The van der Waals surface area contributed by atoms with Gasteiger partial charge in [-0.3, -0.25) is 9.79 Å². The molecule has 1 aliphatic heterocycles. The predicted octanol–water partition coefficient (Wildman–Crippen LogP) is 3.18. The molecule has 0 bridgehead atoms. The van der Waals surface area contributed by atoms with Gasteiger partial charge in [0.1, 0.15) is 11.6 Å². The minimum atomic E-state index is -0.304. The Labute approximate surface area is 124 Å². The van der Waals surface area contributed by atoms with E-state index in [0.29, 0.717) is 16.6 Å². The molecule has 1 amide bonds.